The third-order valence-electron chi connectivity index (χ3n) is 3.59. The minimum atomic E-state index is -1.79. The molecule has 0 aliphatic heterocycles. The van der Waals surface area contributed by atoms with Gasteiger partial charge in [0.1, 0.15) is 11.5 Å². The summed E-state index contributed by atoms with van der Waals surface area (Å²) in [7, 11) is 0. The van der Waals surface area contributed by atoms with E-state index >= 15 is 0 Å². The highest BCUT2D eigenvalue weighted by molar-refractivity contribution is 5.44. The number of halogens is 4. The van der Waals surface area contributed by atoms with Gasteiger partial charge in [0.15, 0.2) is 0 Å². The molecule has 0 atom stereocenters. The first-order chi connectivity index (χ1) is 13.4. The molecule has 0 spiro atoms. The topological polar surface area (TPSA) is 66.0 Å². The van der Waals surface area contributed by atoms with Crippen molar-refractivity contribution in [3.05, 3.63) is 82.9 Å². The quantitative estimate of drug-likeness (QED) is 0.436. The number of hydrogen-bond donors (Lipinski definition) is 0. The van der Waals surface area contributed by atoms with Gasteiger partial charge in [-0.05, 0) is 48.5 Å². The lowest BCUT2D eigenvalue weighted by Gasteiger charge is -2.13. The molecular formula is C20H8F4N2O2. The molecule has 0 aliphatic carbocycles. The van der Waals surface area contributed by atoms with Crippen LogP contribution < -0.4 is 9.47 Å². The molecule has 0 N–H and O–H groups in total. The average Bonchev–Trinajstić information content (AvgIpc) is 2.73. The number of benzene rings is 3. The number of hydrogen-bond acceptors (Lipinski definition) is 4. The predicted molar refractivity (Wildman–Crippen MR) is 88.7 cm³/mol. The van der Waals surface area contributed by atoms with E-state index in [4.69, 9.17) is 20.0 Å². The van der Waals surface area contributed by atoms with Crippen LogP contribution in [0.4, 0.5) is 17.6 Å². The molecule has 0 bridgehead atoms. The molecule has 138 valence electrons. The second kappa shape index (κ2) is 7.68. The fourth-order valence-electron chi connectivity index (χ4n) is 2.20. The van der Waals surface area contributed by atoms with Crippen LogP contribution in [0.15, 0.2) is 48.5 Å². The van der Waals surface area contributed by atoms with Crippen molar-refractivity contribution in [1.29, 1.82) is 10.5 Å². The molecule has 0 saturated heterocycles. The highest BCUT2D eigenvalue weighted by Gasteiger charge is 2.29. The second-order valence-electron chi connectivity index (χ2n) is 5.39. The lowest BCUT2D eigenvalue weighted by atomic mass is 10.2. The van der Waals surface area contributed by atoms with Crippen LogP contribution in [0.5, 0.6) is 23.0 Å². The Bertz CT molecular complexity index is 996. The lowest BCUT2D eigenvalue weighted by Crippen LogP contribution is -2.04. The van der Waals surface area contributed by atoms with Crippen LogP contribution in [-0.4, -0.2) is 0 Å². The lowest BCUT2D eigenvalue weighted by molar-refractivity contribution is 0.330. The van der Waals surface area contributed by atoms with E-state index in [0.29, 0.717) is 0 Å². The highest BCUT2D eigenvalue weighted by atomic mass is 19.2. The summed E-state index contributed by atoms with van der Waals surface area (Å²) < 4.78 is 66.9. The van der Waals surface area contributed by atoms with E-state index in [-0.39, 0.29) is 22.6 Å². The Morgan fingerprint density at radius 2 is 0.821 bits per heavy atom. The van der Waals surface area contributed by atoms with Crippen molar-refractivity contribution in [3.63, 3.8) is 0 Å². The summed E-state index contributed by atoms with van der Waals surface area (Å²) in [5.41, 5.74) is 0.522. The molecule has 0 saturated carbocycles. The first-order valence-corrected chi connectivity index (χ1v) is 7.66. The summed E-state index contributed by atoms with van der Waals surface area (Å²) in [5, 5.41) is 17.4. The average molecular weight is 384 g/mol. The maximum absolute atomic E-state index is 14.3. The van der Waals surface area contributed by atoms with Gasteiger partial charge in [-0.25, -0.2) is 0 Å². The molecule has 3 aromatic carbocycles. The van der Waals surface area contributed by atoms with Gasteiger partial charge in [0, 0.05) is 0 Å². The van der Waals surface area contributed by atoms with Crippen molar-refractivity contribution in [2.45, 2.75) is 0 Å². The Balaban J connectivity index is 1.96. The molecule has 0 unspecified atom stereocenters. The highest BCUT2D eigenvalue weighted by Crippen LogP contribution is 2.38. The summed E-state index contributed by atoms with van der Waals surface area (Å²) in [6, 6.07) is 13.8. The van der Waals surface area contributed by atoms with Crippen LogP contribution in [0.25, 0.3) is 0 Å². The molecule has 0 aliphatic rings. The maximum Gasteiger partial charge on any atom is 0.208 e. The third-order valence-corrected chi connectivity index (χ3v) is 3.59. The van der Waals surface area contributed by atoms with E-state index in [1.807, 2.05) is 12.1 Å². The van der Waals surface area contributed by atoms with Gasteiger partial charge in [0.2, 0.25) is 34.8 Å². The van der Waals surface area contributed by atoms with E-state index in [9.17, 15) is 17.6 Å². The van der Waals surface area contributed by atoms with Crippen molar-refractivity contribution >= 4 is 0 Å². The van der Waals surface area contributed by atoms with E-state index < -0.39 is 34.8 Å². The number of nitrogens with zero attached hydrogens (tertiary/aromatic N) is 2. The van der Waals surface area contributed by atoms with Crippen molar-refractivity contribution in [3.8, 4) is 35.1 Å². The summed E-state index contributed by atoms with van der Waals surface area (Å²) in [6.07, 6.45) is 0. The van der Waals surface area contributed by atoms with Crippen LogP contribution in [0, 0.1) is 45.9 Å². The standard InChI is InChI=1S/C20H8F4N2O2/c21-15-17(23)20(28-14-7-3-12(10-26)4-8-14)18(24)16(22)19(15)27-13-5-1-11(9-25)2-6-13/h1-8H. The Labute approximate surface area is 156 Å². The Hall–Kier alpha value is -4.04. The third kappa shape index (κ3) is 3.57. The number of nitriles is 2. The number of rotatable bonds is 4. The molecule has 28 heavy (non-hydrogen) atoms. The molecular weight excluding hydrogens is 376 g/mol. The molecule has 3 rings (SSSR count). The van der Waals surface area contributed by atoms with Gasteiger partial charge in [-0.1, -0.05) is 0 Å². The fraction of sp³-hybridized carbons (Fsp3) is 0. The first-order valence-electron chi connectivity index (χ1n) is 7.66. The van der Waals surface area contributed by atoms with E-state index in [2.05, 4.69) is 0 Å². The molecule has 4 nitrogen and oxygen atoms in total. The molecule has 0 fully saturated rings. The summed E-state index contributed by atoms with van der Waals surface area (Å²) in [6.45, 7) is 0. The Kier molecular flexibility index (Phi) is 5.14. The van der Waals surface area contributed by atoms with Gasteiger partial charge in [0.05, 0.1) is 23.3 Å². The zero-order chi connectivity index (χ0) is 20.3. The summed E-state index contributed by atoms with van der Waals surface area (Å²) >= 11 is 0. The summed E-state index contributed by atoms with van der Waals surface area (Å²) in [4.78, 5) is 0. The van der Waals surface area contributed by atoms with Gasteiger partial charge < -0.3 is 9.47 Å². The SMILES string of the molecule is N#Cc1ccc(Oc2c(F)c(F)c(Oc3ccc(C#N)cc3)c(F)c2F)cc1. The zero-order valence-corrected chi connectivity index (χ0v) is 13.8. The van der Waals surface area contributed by atoms with Crippen molar-refractivity contribution in [2.75, 3.05) is 0 Å². The smallest absolute Gasteiger partial charge is 0.208 e. The van der Waals surface area contributed by atoms with Crippen LogP contribution >= 0.6 is 0 Å². The first kappa shape index (κ1) is 18.7. The van der Waals surface area contributed by atoms with Crippen LogP contribution in [0.2, 0.25) is 0 Å². The minimum Gasteiger partial charge on any atom is -0.451 e. The van der Waals surface area contributed by atoms with Crippen LogP contribution in [0.3, 0.4) is 0 Å². The summed E-state index contributed by atoms with van der Waals surface area (Å²) in [5.74, 6) is -9.97. The predicted octanol–water partition coefficient (Wildman–Crippen LogP) is 5.57. The Morgan fingerprint density at radius 1 is 0.536 bits per heavy atom. The van der Waals surface area contributed by atoms with E-state index in [1.54, 1.807) is 0 Å². The molecule has 0 heterocycles. The van der Waals surface area contributed by atoms with Crippen molar-refractivity contribution in [2.24, 2.45) is 0 Å². The van der Waals surface area contributed by atoms with E-state index in [1.165, 1.54) is 48.5 Å². The number of ether oxygens (including phenoxy) is 2. The van der Waals surface area contributed by atoms with Crippen LogP contribution in [-0.2, 0) is 0 Å². The van der Waals surface area contributed by atoms with Gasteiger partial charge in [-0.3, -0.25) is 0 Å². The maximum atomic E-state index is 14.3. The largest absolute Gasteiger partial charge is 0.451 e. The van der Waals surface area contributed by atoms with E-state index in [0.717, 1.165) is 0 Å². The molecule has 8 heteroatoms. The van der Waals surface area contributed by atoms with Crippen molar-refractivity contribution < 1.29 is 27.0 Å². The fourth-order valence-corrected chi connectivity index (χ4v) is 2.20. The monoisotopic (exact) mass is 384 g/mol. The zero-order valence-electron chi connectivity index (χ0n) is 13.8. The van der Waals surface area contributed by atoms with Gasteiger partial charge in [-0.15, -0.1) is 0 Å². The Morgan fingerprint density at radius 3 is 1.07 bits per heavy atom. The minimum absolute atomic E-state index is 0.128. The van der Waals surface area contributed by atoms with Crippen LogP contribution in [0.1, 0.15) is 11.1 Å². The van der Waals surface area contributed by atoms with Gasteiger partial charge in [-0.2, -0.15) is 28.1 Å². The molecule has 0 amide bonds. The second-order valence-corrected chi connectivity index (χ2v) is 5.39. The molecule has 0 aromatic heterocycles. The van der Waals surface area contributed by atoms with Gasteiger partial charge >= 0.3 is 0 Å². The van der Waals surface area contributed by atoms with Crippen molar-refractivity contribution in [1.82, 2.24) is 0 Å². The normalized spacial score (nSPS) is 10.1. The van der Waals surface area contributed by atoms with Gasteiger partial charge in [0.25, 0.3) is 0 Å². The molecule has 3 aromatic rings. The molecule has 0 radical (unpaired) electrons.